The number of carboxylic acid groups (broad SMARTS) is 1. The molecule has 5 nitrogen and oxygen atoms in total. The van der Waals surface area contributed by atoms with Crippen LogP contribution < -0.4 is 5.32 Å². The first-order valence-electron chi connectivity index (χ1n) is 7.12. The predicted molar refractivity (Wildman–Crippen MR) is 85.1 cm³/mol. The van der Waals surface area contributed by atoms with Crippen LogP contribution in [0.3, 0.4) is 0 Å². The molecule has 1 aromatic rings. The maximum atomic E-state index is 12.5. The number of halogens is 1. The summed E-state index contributed by atoms with van der Waals surface area (Å²) in [4.78, 5) is 23.6. The maximum absolute atomic E-state index is 12.5. The third-order valence-corrected chi connectivity index (χ3v) is 3.50. The number of rotatable bonds is 8. The van der Waals surface area contributed by atoms with E-state index >= 15 is 0 Å². The SMILES string of the molecule is COCC(NC(=O)C(CC(C)C)c1ccc(Cl)cc1)C(=O)O. The van der Waals surface area contributed by atoms with Crippen molar-refractivity contribution in [3.05, 3.63) is 34.9 Å². The lowest BCUT2D eigenvalue weighted by molar-refractivity contribution is -0.143. The molecule has 0 spiro atoms. The molecule has 0 saturated carbocycles. The van der Waals surface area contributed by atoms with Gasteiger partial charge >= 0.3 is 5.97 Å². The Bertz CT molecular complexity index is 501. The zero-order chi connectivity index (χ0) is 16.7. The molecule has 22 heavy (non-hydrogen) atoms. The van der Waals surface area contributed by atoms with Crippen molar-refractivity contribution in [1.82, 2.24) is 5.32 Å². The Morgan fingerprint density at radius 2 is 1.86 bits per heavy atom. The molecule has 0 heterocycles. The standard InChI is InChI=1S/C16H22ClNO4/c1-10(2)8-13(11-4-6-12(17)7-5-11)15(19)18-14(9-22-3)16(20)21/h4-7,10,13-14H,8-9H2,1-3H3,(H,18,19)(H,20,21). The van der Waals surface area contributed by atoms with Gasteiger partial charge in [-0.05, 0) is 30.0 Å². The Labute approximate surface area is 135 Å². The summed E-state index contributed by atoms with van der Waals surface area (Å²) in [5.74, 6) is -1.57. The van der Waals surface area contributed by atoms with Crippen LogP contribution in [0.25, 0.3) is 0 Å². The predicted octanol–water partition coefficient (Wildman–Crippen LogP) is 2.69. The van der Waals surface area contributed by atoms with Gasteiger partial charge in [-0.1, -0.05) is 37.6 Å². The molecule has 0 aliphatic carbocycles. The van der Waals surface area contributed by atoms with E-state index in [4.69, 9.17) is 21.4 Å². The molecule has 0 fully saturated rings. The summed E-state index contributed by atoms with van der Waals surface area (Å²) in [5, 5.41) is 12.2. The fourth-order valence-electron chi connectivity index (χ4n) is 2.17. The van der Waals surface area contributed by atoms with Gasteiger partial charge in [0.2, 0.25) is 5.91 Å². The molecule has 0 radical (unpaired) electrons. The van der Waals surface area contributed by atoms with Gasteiger partial charge in [0.05, 0.1) is 12.5 Å². The summed E-state index contributed by atoms with van der Waals surface area (Å²) in [6.07, 6.45) is 0.618. The number of ether oxygens (including phenoxy) is 1. The normalized spacial score (nSPS) is 13.7. The highest BCUT2D eigenvalue weighted by atomic mass is 35.5. The molecule has 6 heteroatoms. The molecule has 0 saturated heterocycles. The summed E-state index contributed by atoms with van der Waals surface area (Å²) >= 11 is 5.87. The van der Waals surface area contributed by atoms with Crippen molar-refractivity contribution in [2.75, 3.05) is 13.7 Å². The minimum atomic E-state index is -1.12. The van der Waals surface area contributed by atoms with E-state index < -0.39 is 17.9 Å². The monoisotopic (exact) mass is 327 g/mol. The van der Waals surface area contributed by atoms with E-state index in [-0.39, 0.29) is 18.4 Å². The summed E-state index contributed by atoms with van der Waals surface area (Å²) in [5.41, 5.74) is 0.817. The minimum Gasteiger partial charge on any atom is -0.480 e. The number of benzene rings is 1. The van der Waals surface area contributed by atoms with Crippen molar-refractivity contribution in [3.63, 3.8) is 0 Å². The Hall–Kier alpha value is -1.59. The summed E-state index contributed by atoms with van der Waals surface area (Å²) in [7, 11) is 1.40. The molecule has 0 aliphatic heterocycles. The average molecular weight is 328 g/mol. The molecular formula is C16H22ClNO4. The number of hydrogen-bond donors (Lipinski definition) is 2. The Kier molecular flexibility index (Phi) is 7.35. The van der Waals surface area contributed by atoms with Crippen LogP contribution in [0.1, 0.15) is 31.7 Å². The number of carbonyl (C=O) groups excluding carboxylic acids is 1. The molecule has 1 rings (SSSR count). The van der Waals surface area contributed by atoms with Crippen molar-refractivity contribution in [3.8, 4) is 0 Å². The highest BCUT2D eigenvalue weighted by molar-refractivity contribution is 6.30. The molecule has 0 aliphatic rings. The molecule has 1 aromatic carbocycles. The smallest absolute Gasteiger partial charge is 0.328 e. The topological polar surface area (TPSA) is 75.6 Å². The van der Waals surface area contributed by atoms with E-state index in [1.165, 1.54) is 7.11 Å². The van der Waals surface area contributed by atoms with Crippen LogP contribution in [0, 0.1) is 5.92 Å². The van der Waals surface area contributed by atoms with Gasteiger partial charge in [-0.25, -0.2) is 4.79 Å². The molecular weight excluding hydrogens is 306 g/mol. The first-order valence-corrected chi connectivity index (χ1v) is 7.50. The largest absolute Gasteiger partial charge is 0.480 e. The Morgan fingerprint density at radius 3 is 2.32 bits per heavy atom. The van der Waals surface area contributed by atoms with Crippen molar-refractivity contribution in [1.29, 1.82) is 0 Å². The van der Waals surface area contributed by atoms with Gasteiger partial charge in [-0.2, -0.15) is 0 Å². The number of carbonyl (C=O) groups is 2. The lowest BCUT2D eigenvalue weighted by atomic mass is 9.89. The van der Waals surface area contributed by atoms with Crippen molar-refractivity contribution in [2.45, 2.75) is 32.2 Å². The highest BCUT2D eigenvalue weighted by Crippen LogP contribution is 2.25. The van der Waals surface area contributed by atoms with E-state index in [9.17, 15) is 9.59 Å². The summed E-state index contributed by atoms with van der Waals surface area (Å²) in [6, 6.07) is 5.98. The second kappa shape index (κ2) is 8.76. The van der Waals surface area contributed by atoms with Crippen LogP contribution in [0.5, 0.6) is 0 Å². The second-order valence-corrected chi connectivity index (χ2v) is 6.02. The molecule has 0 bridgehead atoms. The average Bonchev–Trinajstić information content (AvgIpc) is 2.45. The Balaban J connectivity index is 2.93. The second-order valence-electron chi connectivity index (χ2n) is 5.59. The van der Waals surface area contributed by atoms with Gasteiger partial charge in [-0.15, -0.1) is 0 Å². The first kappa shape index (κ1) is 18.5. The number of aliphatic carboxylic acids is 1. The van der Waals surface area contributed by atoms with E-state index in [0.29, 0.717) is 11.4 Å². The molecule has 2 atom stereocenters. The number of hydrogen-bond acceptors (Lipinski definition) is 3. The minimum absolute atomic E-state index is 0.0733. The number of methoxy groups -OCH3 is 1. The van der Waals surface area contributed by atoms with Gasteiger partial charge in [-0.3, -0.25) is 4.79 Å². The fraction of sp³-hybridized carbons (Fsp3) is 0.500. The van der Waals surface area contributed by atoms with Gasteiger partial charge in [0.25, 0.3) is 0 Å². The molecule has 1 amide bonds. The summed E-state index contributed by atoms with van der Waals surface area (Å²) in [6.45, 7) is 3.95. The molecule has 2 N–H and O–H groups in total. The maximum Gasteiger partial charge on any atom is 0.328 e. The van der Waals surface area contributed by atoms with Gasteiger partial charge < -0.3 is 15.2 Å². The van der Waals surface area contributed by atoms with E-state index in [1.54, 1.807) is 24.3 Å². The van der Waals surface area contributed by atoms with Crippen LogP contribution in [0.2, 0.25) is 5.02 Å². The van der Waals surface area contributed by atoms with Crippen LogP contribution in [0.15, 0.2) is 24.3 Å². The van der Waals surface area contributed by atoms with Gasteiger partial charge in [0.1, 0.15) is 0 Å². The van der Waals surface area contributed by atoms with E-state index in [1.807, 2.05) is 13.8 Å². The van der Waals surface area contributed by atoms with E-state index in [0.717, 1.165) is 5.56 Å². The first-order chi connectivity index (χ1) is 10.3. The Morgan fingerprint density at radius 1 is 1.27 bits per heavy atom. The molecule has 122 valence electrons. The van der Waals surface area contributed by atoms with Crippen molar-refractivity contribution < 1.29 is 19.4 Å². The third-order valence-electron chi connectivity index (χ3n) is 3.24. The van der Waals surface area contributed by atoms with Gasteiger partial charge in [0, 0.05) is 12.1 Å². The number of amides is 1. The van der Waals surface area contributed by atoms with Crippen LogP contribution in [-0.4, -0.2) is 36.7 Å². The van der Waals surface area contributed by atoms with Crippen LogP contribution >= 0.6 is 11.6 Å². The quantitative estimate of drug-likeness (QED) is 0.769. The van der Waals surface area contributed by atoms with Gasteiger partial charge in [0.15, 0.2) is 6.04 Å². The molecule has 2 unspecified atom stereocenters. The zero-order valence-corrected chi connectivity index (χ0v) is 13.8. The van der Waals surface area contributed by atoms with Crippen LogP contribution in [-0.2, 0) is 14.3 Å². The fourth-order valence-corrected chi connectivity index (χ4v) is 2.30. The van der Waals surface area contributed by atoms with Crippen molar-refractivity contribution in [2.24, 2.45) is 5.92 Å². The number of nitrogens with one attached hydrogen (secondary N) is 1. The lowest BCUT2D eigenvalue weighted by Gasteiger charge is -2.22. The number of carboxylic acids is 1. The molecule has 0 aromatic heterocycles. The third kappa shape index (κ3) is 5.66. The van der Waals surface area contributed by atoms with Crippen LogP contribution in [0.4, 0.5) is 0 Å². The zero-order valence-electron chi connectivity index (χ0n) is 13.0. The lowest BCUT2D eigenvalue weighted by Crippen LogP contribution is -2.45. The highest BCUT2D eigenvalue weighted by Gasteiger charge is 2.27. The summed E-state index contributed by atoms with van der Waals surface area (Å²) < 4.78 is 4.84. The van der Waals surface area contributed by atoms with E-state index in [2.05, 4.69) is 5.32 Å². The van der Waals surface area contributed by atoms with Crippen molar-refractivity contribution >= 4 is 23.5 Å².